The number of carbonyl (C=O) groups is 1. The maximum atomic E-state index is 13.1. The van der Waals surface area contributed by atoms with E-state index in [0.29, 0.717) is 25.2 Å². The van der Waals surface area contributed by atoms with Crippen molar-refractivity contribution in [1.82, 2.24) is 9.21 Å². The molecule has 2 aliphatic heterocycles. The van der Waals surface area contributed by atoms with Gasteiger partial charge in [-0.15, -0.1) is 0 Å². The van der Waals surface area contributed by atoms with Crippen LogP contribution in [0.25, 0.3) is 0 Å². The predicted octanol–water partition coefficient (Wildman–Crippen LogP) is 2.81. The lowest BCUT2D eigenvalue weighted by Crippen LogP contribution is -2.48. The molecule has 6 nitrogen and oxygen atoms in total. The molecule has 3 atom stereocenters. The Balaban J connectivity index is 1.91. The van der Waals surface area contributed by atoms with Crippen LogP contribution in [0.3, 0.4) is 0 Å². The number of aryl methyl sites for hydroxylation is 1. The van der Waals surface area contributed by atoms with Gasteiger partial charge in [0.1, 0.15) is 0 Å². The number of morpholine rings is 1. The molecule has 2 saturated heterocycles. The highest BCUT2D eigenvalue weighted by Crippen LogP contribution is 2.27. The van der Waals surface area contributed by atoms with E-state index in [1.54, 1.807) is 27.4 Å². The van der Waals surface area contributed by atoms with Crippen LogP contribution in [-0.4, -0.2) is 61.4 Å². The van der Waals surface area contributed by atoms with Crippen LogP contribution in [0.2, 0.25) is 0 Å². The Morgan fingerprint density at radius 3 is 2.41 bits per heavy atom. The van der Waals surface area contributed by atoms with Gasteiger partial charge in [-0.2, -0.15) is 4.31 Å². The van der Waals surface area contributed by atoms with Crippen molar-refractivity contribution in [3.63, 3.8) is 0 Å². The number of nitrogens with zero attached hydrogens (tertiary/aromatic N) is 2. The Morgan fingerprint density at radius 2 is 1.78 bits per heavy atom. The van der Waals surface area contributed by atoms with E-state index in [-0.39, 0.29) is 29.1 Å². The molecule has 0 spiro atoms. The fourth-order valence-electron chi connectivity index (χ4n) is 4.07. The van der Waals surface area contributed by atoms with Crippen molar-refractivity contribution in [2.75, 3.05) is 19.6 Å². The van der Waals surface area contributed by atoms with Crippen molar-refractivity contribution in [2.24, 2.45) is 0 Å². The zero-order chi connectivity index (χ0) is 19.8. The molecule has 27 heavy (non-hydrogen) atoms. The van der Waals surface area contributed by atoms with Gasteiger partial charge < -0.3 is 9.64 Å². The molecule has 7 heteroatoms. The topological polar surface area (TPSA) is 66.9 Å². The maximum Gasteiger partial charge on any atom is 0.254 e. The number of benzene rings is 1. The summed E-state index contributed by atoms with van der Waals surface area (Å²) in [6, 6.07) is 4.90. The van der Waals surface area contributed by atoms with Crippen LogP contribution in [0.15, 0.2) is 23.1 Å². The number of sulfonamides is 1. The van der Waals surface area contributed by atoms with Crippen molar-refractivity contribution in [1.29, 1.82) is 0 Å². The van der Waals surface area contributed by atoms with Crippen LogP contribution < -0.4 is 0 Å². The third-order valence-corrected chi connectivity index (χ3v) is 7.50. The molecule has 0 radical (unpaired) electrons. The zero-order valence-corrected chi connectivity index (χ0v) is 17.5. The predicted molar refractivity (Wildman–Crippen MR) is 104 cm³/mol. The summed E-state index contributed by atoms with van der Waals surface area (Å²) in [6.45, 7) is 9.27. The van der Waals surface area contributed by atoms with Gasteiger partial charge in [0.15, 0.2) is 0 Å². The summed E-state index contributed by atoms with van der Waals surface area (Å²) in [7, 11) is -3.60. The van der Waals surface area contributed by atoms with Gasteiger partial charge in [0, 0.05) is 31.2 Å². The minimum atomic E-state index is -3.60. The first-order valence-corrected chi connectivity index (χ1v) is 11.2. The number of piperidine rings is 1. The van der Waals surface area contributed by atoms with Crippen molar-refractivity contribution in [3.8, 4) is 0 Å². The van der Waals surface area contributed by atoms with Gasteiger partial charge in [-0.05, 0) is 58.2 Å². The average Bonchev–Trinajstić information content (AvgIpc) is 2.60. The lowest BCUT2D eigenvalue weighted by atomic mass is 10.1. The Hall–Kier alpha value is -1.44. The molecule has 2 heterocycles. The molecule has 0 saturated carbocycles. The summed E-state index contributed by atoms with van der Waals surface area (Å²) in [5, 5.41) is 0. The Labute approximate surface area is 162 Å². The van der Waals surface area contributed by atoms with Gasteiger partial charge >= 0.3 is 0 Å². The third-order valence-electron chi connectivity index (χ3n) is 5.49. The number of hydrogen-bond donors (Lipinski definition) is 0. The van der Waals surface area contributed by atoms with Gasteiger partial charge in [-0.1, -0.05) is 12.5 Å². The molecule has 0 N–H and O–H groups in total. The summed E-state index contributed by atoms with van der Waals surface area (Å²) in [5.41, 5.74) is 1.25. The van der Waals surface area contributed by atoms with Crippen molar-refractivity contribution in [3.05, 3.63) is 29.3 Å². The van der Waals surface area contributed by atoms with E-state index < -0.39 is 10.0 Å². The molecule has 1 aromatic carbocycles. The molecule has 150 valence electrons. The average molecular weight is 395 g/mol. The lowest BCUT2D eigenvalue weighted by Gasteiger charge is -2.36. The molecule has 1 amide bonds. The van der Waals surface area contributed by atoms with Gasteiger partial charge in [-0.25, -0.2) is 8.42 Å². The molecule has 2 aliphatic rings. The lowest BCUT2D eigenvalue weighted by molar-refractivity contribution is -0.0586. The molecule has 0 bridgehead atoms. The molecule has 1 aromatic rings. The first-order chi connectivity index (χ1) is 12.7. The molecular weight excluding hydrogens is 364 g/mol. The van der Waals surface area contributed by atoms with Crippen molar-refractivity contribution in [2.45, 2.75) is 70.1 Å². The van der Waals surface area contributed by atoms with Crippen molar-refractivity contribution < 1.29 is 17.9 Å². The fraction of sp³-hybridized carbons (Fsp3) is 0.650. The van der Waals surface area contributed by atoms with E-state index in [1.165, 1.54) is 0 Å². The number of amides is 1. The zero-order valence-electron chi connectivity index (χ0n) is 16.6. The van der Waals surface area contributed by atoms with Gasteiger partial charge in [-0.3, -0.25) is 4.79 Å². The molecule has 3 rings (SSSR count). The van der Waals surface area contributed by atoms with Crippen LogP contribution in [-0.2, 0) is 14.8 Å². The quantitative estimate of drug-likeness (QED) is 0.791. The minimum absolute atomic E-state index is 0.00912. The summed E-state index contributed by atoms with van der Waals surface area (Å²) in [5.74, 6) is -0.127. The smallest absolute Gasteiger partial charge is 0.254 e. The fourth-order valence-corrected chi connectivity index (χ4v) is 5.80. The summed E-state index contributed by atoms with van der Waals surface area (Å²) >= 11 is 0. The van der Waals surface area contributed by atoms with Gasteiger partial charge in [0.25, 0.3) is 5.91 Å². The molecule has 0 aliphatic carbocycles. The van der Waals surface area contributed by atoms with Crippen LogP contribution in [0.4, 0.5) is 0 Å². The summed E-state index contributed by atoms with van der Waals surface area (Å²) in [6.07, 6.45) is 2.75. The largest absolute Gasteiger partial charge is 0.372 e. The molecule has 2 fully saturated rings. The monoisotopic (exact) mass is 394 g/mol. The highest BCUT2D eigenvalue weighted by molar-refractivity contribution is 7.89. The first kappa shape index (κ1) is 20.3. The van der Waals surface area contributed by atoms with Crippen LogP contribution >= 0.6 is 0 Å². The second-order valence-corrected chi connectivity index (χ2v) is 9.80. The van der Waals surface area contributed by atoms with Gasteiger partial charge in [0.05, 0.1) is 17.1 Å². The summed E-state index contributed by atoms with van der Waals surface area (Å²) in [4.78, 5) is 15.1. The first-order valence-electron chi connectivity index (χ1n) is 9.77. The Kier molecular flexibility index (Phi) is 5.93. The highest BCUT2D eigenvalue weighted by Gasteiger charge is 2.33. The SMILES string of the molecule is Cc1ccc(S(=O)(=O)N2CCCCC2C)cc1C(=O)N1CC(C)OC(C)C1. The third kappa shape index (κ3) is 4.20. The normalized spacial score (nSPS) is 27.6. The highest BCUT2D eigenvalue weighted by atomic mass is 32.2. The standard InChI is InChI=1S/C20H30N2O4S/c1-14-8-9-18(27(24,25)22-10-6-5-7-15(22)2)11-19(14)20(23)21-12-16(3)26-17(4)13-21/h8-9,11,15-17H,5-7,10,12-13H2,1-4H3. The minimum Gasteiger partial charge on any atom is -0.372 e. The van der Waals surface area contributed by atoms with E-state index >= 15 is 0 Å². The number of rotatable bonds is 3. The number of ether oxygens (including phenoxy) is 1. The van der Waals surface area contributed by atoms with E-state index in [4.69, 9.17) is 4.74 Å². The van der Waals surface area contributed by atoms with E-state index in [9.17, 15) is 13.2 Å². The molecule has 3 unspecified atom stereocenters. The molecule has 0 aromatic heterocycles. The van der Waals surface area contributed by atoms with Crippen LogP contribution in [0.5, 0.6) is 0 Å². The molecular formula is C20H30N2O4S. The van der Waals surface area contributed by atoms with Gasteiger partial charge in [0.2, 0.25) is 10.0 Å². The van der Waals surface area contributed by atoms with E-state index in [0.717, 1.165) is 24.8 Å². The maximum absolute atomic E-state index is 13.1. The second kappa shape index (κ2) is 7.89. The van der Waals surface area contributed by atoms with Crippen LogP contribution in [0.1, 0.15) is 56.0 Å². The van der Waals surface area contributed by atoms with E-state index in [1.807, 2.05) is 27.7 Å². The second-order valence-electron chi connectivity index (χ2n) is 7.90. The number of hydrogen-bond acceptors (Lipinski definition) is 4. The Bertz CT molecular complexity index is 798. The summed E-state index contributed by atoms with van der Waals surface area (Å²) < 4.78 is 33.6. The van der Waals surface area contributed by atoms with E-state index in [2.05, 4.69) is 0 Å². The Morgan fingerprint density at radius 1 is 1.11 bits per heavy atom. The number of carbonyl (C=O) groups excluding carboxylic acids is 1. The van der Waals surface area contributed by atoms with Crippen LogP contribution in [0, 0.1) is 6.92 Å². The van der Waals surface area contributed by atoms with Crippen molar-refractivity contribution >= 4 is 15.9 Å².